The molecule has 9 N–H and O–H groups in total. The Bertz CT molecular complexity index is 2400. The van der Waals surface area contributed by atoms with Crippen LogP contribution in [-0.2, 0) is 54.5 Å². The highest BCUT2D eigenvalue weighted by molar-refractivity contribution is 6.14. The summed E-state index contributed by atoms with van der Waals surface area (Å²) in [6.45, 7) is 2.90. The average molecular weight is 950 g/mol. The predicted molar refractivity (Wildman–Crippen MR) is 236 cm³/mol. The number of aliphatic hydroxyl groups is 1. The van der Waals surface area contributed by atoms with Gasteiger partial charge in [0.2, 0.25) is 41.9 Å². The number of rotatable bonds is 25. The summed E-state index contributed by atoms with van der Waals surface area (Å²) >= 11 is 0. The Hall–Kier alpha value is -7.82. The largest absolute Gasteiger partial charge is 0.481 e. The molecule has 68 heavy (non-hydrogen) atoms. The number of benzene rings is 2. The van der Waals surface area contributed by atoms with Crippen LogP contribution < -0.4 is 32.3 Å². The van der Waals surface area contributed by atoms with Crippen molar-refractivity contribution in [3.63, 3.8) is 0 Å². The summed E-state index contributed by atoms with van der Waals surface area (Å²) in [5, 5.41) is 31.1. The second-order valence-electron chi connectivity index (χ2n) is 16.7. The highest BCUT2D eigenvalue weighted by Crippen LogP contribution is 2.41. The van der Waals surface area contributed by atoms with Crippen LogP contribution in [0.5, 0.6) is 0 Å². The van der Waals surface area contributed by atoms with Crippen LogP contribution in [0.2, 0.25) is 0 Å². The number of nitrogens with two attached hydrogens (primary N) is 1. The van der Waals surface area contributed by atoms with Crippen molar-refractivity contribution in [2.24, 2.45) is 11.1 Å². The molecule has 21 nitrogen and oxygen atoms in total. The van der Waals surface area contributed by atoms with E-state index in [1.54, 1.807) is 55.8 Å². The summed E-state index contributed by atoms with van der Waals surface area (Å²) in [6.07, 6.45) is 1.39. The lowest BCUT2D eigenvalue weighted by Gasteiger charge is -2.41. The number of halogens is 2. The molecule has 1 aromatic heterocycles. The summed E-state index contributed by atoms with van der Waals surface area (Å²) in [4.78, 5) is 128. The van der Waals surface area contributed by atoms with Crippen molar-refractivity contribution in [2.75, 3.05) is 32.8 Å². The van der Waals surface area contributed by atoms with E-state index in [1.807, 2.05) is 17.4 Å². The summed E-state index contributed by atoms with van der Waals surface area (Å²) in [7, 11) is 0. The minimum Gasteiger partial charge on any atom is -0.481 e. The van der Waals surface area contributed by atoms with Crippen molar-refractivity contribution in [3.05, 3.63) is 95.8 Å². The molecule has 364 valence electrons. The molecule has 2 heterocycles. The van der Waals surface area contributed by atoms with Gasteiger partial charge in [0.25, 0.3) is 11.8 Å². The first-order valence-corrected chi connectivity index (χ1v) is 21.1. The maximum atomic E-state index is 15.3. The fourth-order valence-electron chi connectivity index (χ4n) is 7.37. The average Bonchev–Trinajstić information content (AvgIpc) is 3.82. The number of nitrogens with zero attached hydrogens (tertiary/aromatic N) is 3. The van der Waals surface area contributed by atoms with E-state index in [1.165, 1.54) is 4.90 Å². The monoisotopic (exact) mass is 949 g/mol. The normalized spacial score (nSPS) is 14.0. The Morgan fingerprint density at radius 2 is 1.47 bits per heavy atom. The highest BCUT2D eigenvalue weighted by atomic mass is 19.1. The van der Waals surface area contributed by atoms with Crippen LogP contribution in [-0.4, -0.2) is 135 Å². The van der Waals surface area contributed by atoms with Crippen LogP contribution in [0, 0.1) is 17.0 Å². The topological polar surface area (TPSA) is 309 Å². The number of aliphatic carboxylic acids is 1. The first-order chi connectivity index (χ1) is 32.1. The zero-order valence-corrected chi connectivity index (χ0v) is 37.3. The molecule has 23 heteroatoms. The van der Waals surface area contributed by atoms with Crippen LogP contribution in [0.25, 0.3) is 11.1 Å². The summed E-state index contributed by atoms with van der Waals surface area (Å²) in [6, 6.07) is 7.43. The number of hydrogen-bond acceptors (Lipinski definition) is 11. The van der Waals surface area contributed by atoms with Gasteiger partial charge in [-0.2, -0.15) is 0 Å². The van der Waals surface area contributed by atoms with Crippen molar-refractivity contribution < 1.29 is 66.9 Å². The Labute approximate surface area is 388 Å². The van der Waals surface area contributed by atoms with E-state index >= 15 is 4.39 Å². The Balaban J connectivity index is 1.71. The van der Waals surface area contributed by atoms with Crippen molar-refractivity contribution >= 4 is 59.6 Å². The molecule has 4 rings (SSSR count). The smallest absolute Gasteiger partial charge is 0.305 e. The third-order valence-corrected chi connectivity index (χ3v) is 10.5. The lowest BCUT2D eigenvalue weighted by atomic mass is 9.82. The fourth-order valence-corrected chi connectivity index (χ4v) is 7.37. The molecular formula is C45H53F2N9O12. The third-order valence-electron chi connectivity index (χ3n) is 10.5. The van der Waals surface area contributed by atoms with Gasteiger partial charge in [0.15, 0.2) is 0 Å². The van der Waals surface area contributed by atoms with Crippen LogP contribution in [0.4, 0.5) is 8.78 Å². The van der Waals surface area contributed by atoms with E-state index in [0.29, 0.717) is 10.6 Å². The molecular weight excluding hydrogens is 897 g/mol. The zero-order chi connectivity index (χ0) is 50.3. The number of carbonyl (C=O) groups excluding carboxylic acids is 9. The molecule has 1 aliphatic heterocycles. The number of nitrogens with one attached hydrogen (secondary N) is 5. The minimum atomic E-state index is -1.84. The maximum absolute atomic E-state index is 15.3. The first-order valence-electron chi connectivity index (χ1n) is 21.1. The van der Waals surface area contributed by atoms with Gasteiger partial charge in [0, 0.05) is 61.3 Å². The van der Waals surface area contributed by atoms with Crippen LogP contribution in [0.1, 0.15) is 57.3 Å². The first kappa shape index (κ1) is 52.8. The molecule has 0 radical (unpaired) electrons. The lowest BCUT2D eigenvalue weighted by molar-refractivity contribution is -0.141. The molecule has 0 saturated heterocycles. The molecule has 4 atom stereocenters. The van der Waals surface area contributed by atoms with Gasteiger partial charge in [-0.05, 0) is 41.7 Å². The quantitative estimate of drug-likeness (QED) is 0.0299. The summed E-state index contributed by atoms with van der Waals surface area (Å²) in [5.74, 6) is -10.4. The SMILES string of the molecule is CC(C)(C)C(c1cc(-c2cc(F)ccc2F)cn1Cc1ccccc1)N(CCC(NC(=O)C(CC(N)=O)NC(=O)[C@@H](CC(=O)O)NC=O)C(=O)NCCNC(=O)CN1C(=O)C=CC1=O)C(=O)CO. The molecule has 9 amide bonds. The van der Waals surface area contributed by atoms with Gasteiger partial charge in [-0.3, -0.25) is 52.8 Å². The van der Waals surface area contributed by atoms with Gasteiger partial charge in [0.05, 0.1) is 18.9 Å². The van der Waals surface area contributed by atoms with Crippen molar-refractivity contribution in [1.29, 1.82) is 0 Å². The van der Waals surface area contributed by atoms with Gasteiger partial charge in [-0.25, -0.2) is 8.78 Å². The van der Waals surface area contributed by atoms with E-state index in [9.17, 15) is 62.5 Å². The van der Waals surface area contributed by atoms with E-state index in [-0.39, 0.29) is 37.2 Å². The third kappa shape index (κ3) is 14.8. The number of primary amides is 1. The molecule has 0 saturated carbocycles. The Kier molecular flexibility index (Phi) is 18.7. The number of carbonyl (C=O) groups is 10. The second-order valence-corrected chi connectivity index (χ2v) is 16.7. The van der Waals surface area contributed by atoms with E-state index in [0.717, 1.165) is 35.9 Å². The van der Waals surface area contributed by atoms with Crippen molar-refractivity contribution in [3.8, 4) is 11.1 Å². The number of amides is 9. The number of aliphatic hydroxyl groups excluding tert-OH is 1. The van der Waals surface area contributed by atoms with Crippen LogP contribution >= 0.6 is 0 Å². The Morgan fingerprint density at radius 1 is 0.838 bits per heavy atom. The fraction of sp³-hybridized carbons (Fsp3) is 0.378. The second kappa shape index (κ2) is 24.1. The zero-order valence-electron chi connectivity index (χ0n) is 37.3. The number of carboxylic acids is 1. The standard InChI is InChI=1S/C45H53F2N9O12/c1-45(2,3)41(34-17-27(29-18-28(46)9-10-30(29)47)22-54(34)21-26-7-5-4-6-8-26)55(39(63)24-57)16-13-31(42(66)50-15-14-49-36(60)23-56-37(61)11-12-38(56)62)52-44(68)33(19-35(48)59)53-43(67)32(51-25-58)20-40(64)65/h4-12,17-18,22,25,31-33,41,57H,13-16,19-21,23-24H2,1-3H3,(H2,48,59)(H,49,60)(H,50,66)(H,51,58)(H,52,68)(H,53,67)(H,64,65)/t31?,32-,33?,41?/m1/s1. The molecule has 0 bridgehead atoms. The Morgan fingerprint density at radius 3 is 2.07 bits per heavy atom. The van der Waals surface area contributed by atoms with Gasteiger partial charge in [-0.1, -0.05) is 51.1 Å². The van der Waals surface area contributed by atoms with Crippen LogP contribution in [0.3, 0.4) is 0 Å². The molecule has 3 aromatic rings. The molecule has 1 aliphatic rings. The minimum absolute atomic E-state index is 0.0468. The van der Waals surface area contributed by atoms with Gasteiger partial charge >= 0.3 is 5.97 Å². The predicted octanol–water partition coefficient (Wildman–Crippen LogP) is -0.628. The van der Waals surface area contributed by atoms with Gasteiger partial charge in [0.1, 0.15) is 42.9 Å². The maximum Gasteiger partial charge on any atom is 0.305 e. The number of hydrogen-bond donors (Lipinski definition) is 8. The highest BCUT2D eigenvalue weighted by Gasteiger charge is 2.39. The van der Waals surface area contributed by atoms with E-state index < -0.39 is 133 Å². The number of imide groups is 1. The molecule has 0 aliphatic carbocycles. The van der Waals surface area contributed by atoms with E-state index in [2.05, 4.69) is 21.3 Å². The van der Waals surface area contributed by atoms with Gasteiger partial charge < -0.3 is 52.0 Å². The summed E-state index contributed by atoms with van der Waals surface area (Å²) in [5.41, 5.74) is 5.83. The number of aromatic nitrogens is 1. The van der Waals surface area contributed by atoms with Crippen molar-refractivity contribution in [2.45, 2.75) is 70.7 Å². The molecule has 3 unspecified atom stereocenters. The molecule has 2 aromatic carbocycles. The lowest BCUT2D eigenvalue weighted by Crippen LogP contribution is -2.58. The van der Waals surface area contributed by atoms with Gasteiger partial charge in [-0.15, -0.1) is 0 Å². The molecule has 0 spiro atoms. The number of carboxylic acid groups (broad SMARTS) is 1. The molecule has 0 fully saturated rings. The van der Waals surface area contributed by atoms with E-state index in [4.69, 9.17) is 5.73 Å². The van der Waals surface area contributed by atoms with Crippen molar-refractivity contribution in [1.82, 2.24) is 41.0 Å². The summed E-state index contributed by atoms with van der Waals surface area (Å²) < 4.78 is 31.5. The van der Waals surface area contributed by atoms with Crippen LogP contribution in [0.15, 0.2) is 72.9 Å².